The van der Waals surface area contributed by atoms with E-state index in [0.29, 0.717) is 29.0 Å². The van der Waals surface area contributed by atoms with Crippen molar-refractivity contribution in [2.24, 2.45) is 5.92 Å². The first-order chi connectivity index (χ1) is 13.0. The smallest absolute Gasteiger partial charge is 0.303 e. The molecule has 2 aromatic rings. The molecule has 0 radical (unpaired) electrons. The minimum absolute atomic E-state index is 0.0413. The van der Waals surface area contributed by atoms with Crippen LogP contribution in [0, 0.1) is 17.2 Å². The maximum atomic E-state index is 12.5. The fourth-order valence-corrected chi connectivity index (χ4v) is 3.34. The van der Waals surface area contributed by atoms with Gasteiger partial charge in [0.05, 0.1) is 18.1 Å². The molecule has 0 saturated heterocycles. The van der Waals surface area contributed by atoms with Gasteiger partial charge in [0.25, 0.3) is 5.91 Å². The maximum Gasteiger partial charge on any atom is 0.303 e. The lowest BCUT2D eigenvalue weighted by molar-refractivity contribution is -0.139. The summed E-state index contributed by atoms with van der Waals surface area (Å²) in [4.78, 5) is 23.6. The summed E-state index contributed by atoms with van der Waals surface area (Å²) in [5.74, 6) is -0.523. The van der Waals surface area contributed by atoms with Crippen molar-refractivity contribution >= 4 is 17.6 Å². The summed E-state index contributed by atoms with van der Waals surface area (Å²) in [6.45, 7) is 1.98. The molecule has 0 bridgehead atoms. The Bertz CT molecular complexity index is 899. The molecule has 6 nitrogen and oxygen atoms in total. The number of hydrogen-bond donors (Lipinski definition) is 2. The molecule has 1 aliphatic rings. The zero-order valence-electron chi connectivity index (χ0n) is 14.9. The first-order valence-electron chi connectivity index (χ1n) is 8.83. The van der Waals surface area contributed by atoms with Crippen LogP contribution in [0.5, 0.6) is 5.75 Å². The average Bonchev–Trinajstić information content (AvgIpc) is 2.67. The van der Waals surface area contributed by atoms with Gasteiger partial charge in [0.1, 0.15) is 11.9 Å². The van der Waals surface area contributed by atoms with Crippen molar-refractivity contribution in [3.05, 3.63) is 59.2 Å². The molecule has 138 valence electrons. The van der Waals surface area contributed by atoms with Crippen LogP contribution in [0.1, 0.15) is 41.3 Å². The molecule has 2 aromatic carbocycles. The lowest BCUT2D eigenvalue weighted by Gasteiger charge is -2.32. The van der Waals surface area contributed by atoms with E-state index in [1.165, 1.54) is 0 Å². The summed E-state index contributed by atoms with van der Waals surface area (Å²) < 4.78 is 5.95. The van der Waals surface area contributed by atoms with Gasteiger partial charge in [-0.25, -0.2) is 0 Å². The fraction of sp³-hybridized carbons (Fsp3) is 0.286. The van der Waals surface area contributed by atoms with E-state index in [2.05, 4.69) is 5.32 Å². The Morgan fingerprint density at radius 3 is 2.63 bits per heavy atom. The van der Waals surface area contributed by atoms with E-state index in [1.54, 1.807) is 42.5 Å². The number of benzene rings is 2. The van der Waals surface area contributed by atoms with Crippen LogP contribution in [0.25, 0.3) is 0 Å². The van der Waals surface area contributed by atoms with Gasteiger partial charge in [-0.1, -0.05) is 6.92 Å². The Hall–Kier alpha value is -3.33. The number of hydrogen-bond acceptors (Lipinski definition) is 4. The number of carbonyl (C=O) groups is 2. The third kappa shape index (κ3) is 4.26. The summed E-state index contributed by atoms with van der Waals surface area (Å²) in [7, 11) is 0. The Morgan fingerprint density at radius 1 is 1.26 bits per heavy atom. The Kier molecular flexibility index (Phi) is 5.41. The molecule has 6 heteroatoms. The number of carboxylic acids is 1. The molecule has 1 heterocycles. The van der Waals surface area contributed by atoms with E-state index in [1.807, 2.05) is 13.0 Å². The molecule has 0 saturated carbocycles. The minimum atomic E-state index is -0.847. The monoisotopic (exact) mass is 364 g/mol. The normalized spacial score (nSPS) is 17.9. The highest BCUT2D eigenvalue weighted by Gasteiger charge is 2.31. The van der Waals surface area contributed by atoms with Gasteiger partial charge in [-0.05, 0) is 60.9 Å². The van der Waals surface area contributed by atoms with Crippen molar-refractivity contribution in [1.29, 1.82) is 5.26 Å². The SMILES string of the molecule is CCC1Oc2ccc(C(=O)Nc3ccc(C#N)cc3)cc2CC1CC(=O)O. The summed E-state index contributed by atoms with van der Waals surface area (Å²) in [6.07, 6.45) is 1.21. The number of ether oxygens (including phenoxy) is 1. The van der Waals surface area contributed by atoms with E-state index >= 15 is 0 Å². The van der Waals surface area contributed by atoms with Crippen molar-refractivity contribution in [3.8, 4) is 11.8 Å². The molecule has 2 unspecified atom stereocenters. The number of nitriles is 1. The lowest BCUT2D eigenvalue weighted by Crippen LogP contribution is -2.34. The molecule has 2 atom stereocenters. The number of fused-ring (bicyclic) bond motifs is 1. The molecule has 1 amide bonds. The van der Waals surface area contributed by atoms with Crippen molar-refractivity contribution in [3.63, 3.8) is 0 Å². The van der Waals surface area contributed by atoms with Crippen LogP contribution >= 0.6 is 0 Å². The molecule has 2 N–H and O–H groups in total. The number of anilines is 1. The highest BCUT2D eigenvalue weighted by atomic mass is 16.5. The van der Waals surface area contributed by atoms with Crippen molar-refractivity contribution in [2.75, 3.05) is 5.32 Å². The quantitative estimate of drug-likeness (QED) is 0.844. The number of carbonyl (C=O) groups excluding carboxylic acids is 1. The molecule has 1 aliphatic heterocycles. The van der Waals surface area contributed by atoms with Gasteiger partial charge in [0.15, 0.2) is 0 Å². The fourth-order valence-electron chi connectivity index (χ4n) is 3.34. The van der Waals surface area contributed by atoms with Crippen LogP contribution in [-0.4, -0.2) is 23.1 Å². The van der Waals surface area contributed by atoms with Crippen LogP contribution in [0.15, 0.2) is 42.5 Å². The van der Waals surface area contributed by atoms with Crippen molar-refractivity contribution < 1.29 is 19.4 Å². The van der Waals surface area contributed by atoms with Gasteiger partial charge in [0, 0.05) is 17.2 Å². The first-order valence-corrected chi connectivity index (χ1v) is 8.83. The molecule has 0 fully saturated rings. The van der Waals surface area contributed by atoms with E-state index in [9.17, 15) is 9.59 Å². The molecule has 0 spiro atoms. The van der Waals surface area contributed by atoms with Crippen LogP contribution < -0.4 is 10.1 Å². The number of carboxylic acid groups (broad SMARTS) is 1. The molecular weight excluding hydrogens is 344 g/mol. The Labute approximate surface area is 157 Å². The summed E-state index contributed by atoms with van der Waals surface area (Å²) in [5.41, 5.74) is 2.45. The summed E-state index contributed by atoms with van der Waals surface area (Å²) >= 11 is 0. The van der Waals surface area contributed by atoms with Crippen molar-refractivity contribution in [2.45, 2.75) is 32.3 Å². The third-order valence-electron chi connectivity index (χ3n) is 4.72. The van der Waals surface area contributed by atoms with Gasteiger partial charge in [-0.15, -0.1) is 0 Å². The second-order valence-corrected chi connectivity index (χ2v) is 6.59. The highest BCUT2D eigenvalue weighted by Crippen LogP contribution is 2.34. The number of rotatable bonds is 5. The highest BCUT2D eigenvalue weighted by molar-refractivity contribution is 6.04. The zero-order chi connectivity index (χ0) is 19.4. The van der Waals surface area contributed by atoms with E-state index < -0.39 is 5.97 Å². The summed E-state index contributed by atoms with van der Waals surface area (Å²) in [5, 5.41) is 20.8. The Balaban J connectivity index is 1.77. The van der Waals surface area contributed by atoms with Gasteiger partial charge in [-0.2, -0.15) is 5.26 Å². The molecule has 0 aliphatic carbocycles. The van der Waals surface area contributed by atoms with Crippen molar-refractivity contribution in [1.82, 2.24) is 0 Å². The lowest BCUT2D eigenvalue weighted by atomic mass is 9.86. The topological polar surface area (TPSA) is 99.4 Å². The number of nitrogens with one attached hydrogen (secondary N) is 1. The maximum absolute atomic E-state index is 12.5. The third-order valence-corrected chi connectivity index (χ3v) is 4.72. The standard InChI is InChI=1S/C21H20N2O4/c1-2-18-16(11-20(24)25)10-15-9-14(5-8-19(15)27-18)21(26)23-17-6-3-13(12-22)4-7-17/h3-9,16,18H,2,10-11H2,1H3,(H,23,26)(H,24,25). The molecule has 3 rings (SSSR count). The second-order valence-electron chi connectivity index (χ2n) is 6.59. The number of amides is 1. The van der Waals surface area contributed by atoms with Crippen LogP contribution in [-0.2, 0) is 11.2 Å². The number of nitrogens with zero attached hydrogens (tertiary/aromatic N) is 1. The van der Waals surface area contributed by atoms with E-state index in [4.69, 9.17) is 15.1 Å². The average molecular weight is 364 g/mol. The van der Waals surface area contributed by atoms with E-state index in [0.717, 1.165) is 12.0 Å². The van der Waals surface area contributed by atoms with E-state index in [-0.39, 0.29) is 24.3 Å². The first kappa shape index (κ1) is 18.5. The zero-order valence-corrected chi connectivity index (χ0v) is 14.9. The predicted molar refractivity (Wildman–Crippen MR) is 99.7 cm³/mol. The van der Waals surface area contributed by atoms with Gasteiger partial charge < -0.3 is 15.2 Å². The summed E-state index contributed by atoms with van der Waals surface area (Å²) in [6, 6.07) is 13.9. The van der Waals surface area contributed by atoms with Gasteiger partial charge in [0.2, 0.25) is 0 Å². The molecule has 0 aromatic heterocycles. The van der Waals surface area contributed by atoms with Crippen LogP contribution in [0.3, 0.4) is 0 Å². The predicted octanol–water partition coefficient (Wildman–Crippen LogP) is 3.61. The minimum Gasteiger partial charge on any atom is -0.490 e. The Morgan fingerprint density at radius 2 is 2.00 bits per heavy atom. The molecular formula is C21H20N2O4. The second kappa shape index (κ2) is 7.92. The van der Waals surface area contributed by atoms with Crippen LogP contribution in [0.4, 0.5) is 5.69 Å². The number of aliphatic carboxylic acids is 1. The largest absolute Gasteiger partial charge is 0.490 e. The van der Waals surface area contributed by atoms with Crippen LogP contribution in [0.2, 0.25) is 0 Å². The van der Waals surface area contributed by atoms with Gasteiger partial charge in [-0.3, -0.25) is 9.59 Å². The molecule has 27 heavy (non-hydrogen) atoms. The van der Waals surface area contributed by atoms with Gasteiger partial charge >= 0.3 is 5.97 Å².